The van der Waals surface area contributed by atoms with E-state index in [1.807, 2.05) is 0 Å². The first-order chi connectivity index (χ1) is 9.47. The number of amides is 1. The molecule has 0 aromatic rings. The van der Waals surface area contributed by atoms with Crippen LogP contribution in [0.1, 0.15) is 25.7 Å². The first-order valence-corrected chi connectivity index (χ1v) is 6.49. The Labute approximate surface area is 116 Å². The predicted octanol–water partition coefficient (Wildman–Crippen LogP) is 1.22. The molecule has 2 rings (SSSR count). The molecule has 0 aromatic carbocycles. The molecule has 0 bridgehead atoms. The highest BCUT2D eigenvalue weighted by atomic mass is 19.1. The second-order valence-electron chi connectivity index (χ2n) is 5.19. The summed E-state index contributed by atoms with van der Waals surface area (Å²) >= 11 is 0. The second-order valence-corrected chi connectivity index (χ2v) is 5.19. The maximum Gasteiger partial charge on any atom is 0.338 e. The molecule has 0 saturated carbocycles. The van der Waals surface area contributed by atoms with Crippen molar-refractivity contribution in [3.8, 4) is 12.3 Å². The number of rotatable bonds is 7. The van der Waals surface area contributed by atoms with Crippen molar-refractivity contribution in [2.24, 2.45) is 16.1 Å². The molecule has 2 aliphatic heterocycles. The average Bonchev–Trinajstić information content (AvgIpc) is 3.12. The van der Waals surface area contributed by atoms with Gasteiger partial charge in [-0.05, 0) is 0 Å². The molecule has 108 valence electrons. The highest BCUT2D eigenvalue weighted by Crippen LogP contribution is 2.38. The van der Waals surface area contributed by atoms with E-state index >= 15 is 0 Å². The van der Waals surface area contributed by atoms with Gasteiger partial charge in [-0.1, -0.05) is 0 Å². The van der Waals surface area contributed by atoms with E-state index in [4.69, 9.17) is 11.5 Å². The summed E-state index contributed by atoms with van der Waals surface area (Å²) in [6, 6.07) is 0. The summed E-state index contributed by atoms with van der Waals surface area (Å²) in [7, 11) is 0. The number of likely N-dealkylation sites (tertiary alicyclic amines) is 1. The largest absolute Gasteiger partial charge is 0.479 e. The van der Waals surface area contributed by atoms with Crippen molar-refractivity contribution >= 4 is 11.9 Å². The Morgan fingerprint density at radius 2 is 2.10 bits per heavy atom. The summed E-state index contributed by atoms with van der Waals surface area (Å²) < 4.78 is 13.1. The van der Waals surface area contributed by atoms with Crippen LogP contribution in [0.3, 0.4) is 0 Å². The van der Waals surface area contributed by atoms with Gasteiger partial charge < -0.3 is 10.0 Å². The molecule has 1 unspecified atom stereocenters. The average molecular weight is 281 g/mol. The van der Waals surface area contributed by atoms with Crippen LogP contribution in [-0.4, -0.2) is 46.8 Å². The molecule has 0 radical (unpaired) electrons. The van der Waals surface area contributed by atoms with Gasteiger partial charge in [0.15, 0.2) is 5.66 Å². The quantitative estimate of drug-likeness (QED) is 0.712. The molecule has 2 heterocycles. The van der Waals surface area contributed by atoms with Gasteiger partial charge in [0, 0.05) is 44.7 Å². The van der Waals surface area contributed by atoms with E-state index in [1.165, 1.54) is 4.90 Å². The SMILES string of the molecule is C#CCCC1(CCC(=O)N2CC(C(F)C(=O)O)C2)N=N1. The van der Waals surface area contributed by atoms with E-state index in [0.29, 0.717) is 19.3 Å². The molecular formula is C13H16FN3O3. The second kappa shape index (κ2) is 5.57. The molecule has 7 heteroatoms. The Morgan fingerprint density at radius 1 is 1.45 bits per heavy atom. The first-order valence-electron chi connectivity index (χ1n) is 6.49. The lowest BCUT2D eigenvalue weighted by atomic mass is 9.93. The molecule has 6 nitrogen and oxygen atoms in total. The molecule has 0 aliphatic carbocycles. The van der Waals surface area contributed by atoms with Crippen molar-refractivity contribution in [1.29, 1.82) is 0 Å². The highest BCUT2D eigenvalue weighted by Gasteiger charge is 2.42. The van der Waals surface area contributed by atoms with Gasteiger partial charge in [-0.15, -0.1) is 12.3 Å². The van der Waals surface area contributed by atoms with Gasteiger partial charge in [-0.2, -0.15) is 10.2 Å². The van der Waals surface area contributed by atoms with Crippen LogP contribution >= 0.6 is 0 Å². The van der Waals surface area contributed by atoms with Gasteiger partial charge >= 0.3 is 5.97 Å². The zero-order chi connectivity index (χ0) is 14.8. The smallest absolute Gasteiger partial charge is 0.338 e. The van der Waals surface area contributed by atoms with Crippen LogP contribution in [0.15, 0.2) is 10.2 Å². The zero-order valence-corrected chi connectivity index (χ0v) is 11.0. The van der Waals surface area contributed by atoms with Gasteiger partial charge in [0.25, 0.3) is 0 Å². The van der Waals surface area contributed by atoms with Gasteiger partial charge in [0.2, 0.25) is 12.1 Å². The van der Waals surface area contributed by atoms with Crippen LogP contribution in [0.25, 0.3) is 0 Å². The third-order valence-corrected chi connectivity index (χ3v) is 3.70. The topological polar surface area (TPSA) is 82.3 Å². The fraction of sp³-hybridized carbons (Fsp3) is 0.692. The van der Waals surface area contributed by atoms with Crippen molar-refractivity contribution in [3.05, 3.63) is 0 Å². The molecule has 1 saturated heterocycles. The molecule has 0 spiro atoms. The number of halogens is 1. The number of hydrogen-bond acceptors (Lipinski definition) is 4. The number of carboxylic acid groups (broad SMARTS) is 1. The molecule has 2 aliphatic rings. The number of nitrogens with zero attached hydrogens (tertiary/aromatic N) is 3. The summed E-state index contributed by atoms with van der Waals surface area (Å²) in [6.45, 7) is 0.329. The number of carbonyl (C=O) groups excluding carboxylic acids is 1. The number of carbonyl (C=O) groups is 2. The molecule has 1 N–H and O–H groups in total. The van der Waals surface area contributed by atoms with Crippen molar-refractivity contribution in [2.75, 3.05) is 13.1 Å². The fourth-order valence-electron chi connectivity index (χ4n) is 2.24. The van der Waals surface area contributed by atoms with Gasteiger partial charge in [-0.25, -0.2) is 9.18 Å². The van der Waals surface area contributed by atoms with Gasteiger partial charge in [0.05, 0.1) is 0 Å². The molecule has 0 aromatic heterocycles. The standard InChI is InChI=1S/C13H16FN3O3/c1-2-3-5-13(15-16-13)6-4-10(18)17-7-9(8-17)11(14)12(19)20/h1,9,11H,3-8H2,(H,19,20). The number of hydrogen-bond donors (Lipinski definition) is 1. The van der Waals surface area contributed by atoms with E-state index in [0.717, 1.165) is 0 Å². The third-order valence-electron chi connectivity index (χ3n) is 3.70. The van der Waals surface area contributed by atoms with Crippen LogP contribution in [0.2, 0.25) is 0 Å². The summed E-state index contributed by atoms with van der Waals surface area (Å²) in [5.74, 6) is 0.336. The van der Waals surface area contributed by atoms with Crippen molar-refractivity contribution < 1.29 is 19.1 Å². The Balaban J connectivity index is 1.68. The molecule has 1 atom stereocenters. The van der Waals surface area contributed by atoms with Crippen LogP contribution < -0.4 is 0 Å². The maximum atomic E-state index is 13.1. The van der Waals surface area contributed by atoms with Crippen molar-refractivity contribution in [3.63, 3.8) is 0 Å². The van der Waals surface area contributed by atoms with E-state index in [9.17, 15) is 14.0 Å². The highest BCUT2D eigenvalue weighted by molar-refractivity contribution is 5.78. The minimum atomic E-state index is -1.89. The number of carboxylic acids is 1. The lowest BCUT2D eigenvalue weighted by Crippen LogP contribution is -2.55. The number of alkyl halides is 1. The molecule has 20 heavy (non-hydrogen) atoms. The van der Waals surface area contributed by atoms with E-state index < -0.39 is 23.7 Å². The number of aliphatic carboxylic acids is 1. The van der Waals surface area contributed by atoms with Crippen LogP contribution in [-0.2, 0) is 9.59 Å². The van der Waals surface area contributed by atoms with Crippen LogP contribution in [0, 0.1) is 18.3 Å². The third kappa shape index (κ3) is 3.13. The zero-order valence-electron chi connectivity index (χ0n) is 11.0. The molecule has 1 fully saturated rings. The van der Waals surface area contributed by atoms with E-state index in [1.54, 1.807) is 0 Å². The van der Waals surface area contributed by atoms with E-state index in [-0.39, 0.29) is 25.4 Å². The minimum Gasteiger partial charge on any atom is -0.479 e. The van der Waals surface area contributed by atoms with Crippen LogP contribution in [0.4, 0.5) is 4.39 Å². The first kappa shape index (κ1) is 14.4. The monoisotopic (exact) mass is 281 g/mol. The Bertz CT molecular complexity index is 474. The Hall–Kier alpha value is -1.97. The molecule has 1 amide bonds. The van der Waals surface area contributed by atoms with Crippen molar-refractivity contribution in [2.45, 2.75) is 37.5 Å². The Kier molecular flexibility index (Phi) is 4.02. The summed E-state index contributed by atoms with van der Waals surface area (Å²) in [4.78, 5) is 23.8. The summed E-state index contributed by atoms with van der Waals surface area (Å²) in [5, 5.41) is 16.4. The lowest BCUT2D eigenvalue weighted by molar-refractivity contribution is -0.152. The van der Waals surface area contributed by atoms with Crippen molar-refractivity contribution in [1.82, 2.24) is 4.90 Å². The maximum absolute atomic E-state index is 13.1. The number of terminal acetylenes is 1. The van der Waals surface area contributed by atoms with Crippen LogP contribution in [0.5, 0.6) is 0 Å². The van der Waals surface area contributed by atoms with Gasteiger partial charge in [0.1, 0.15) is 0 Å². The Morgan fingerprint density at radius 3 is 2.60 bits per heavy atom. The summed E-state index contributed by atoms with van der Waals surface area (Å²) in [5.41, 5.74) is -0.490. The molecular weight excluding hydrogens is 265 g/mol. The van der Waals surface area contributed by atoms with Gasteiger partial charge in [-0.3, -0.25) is 4.79 Å². The normalized spacial score (nSPS) is 20.9. The van der Waals surface area contributed by atoms with E-state index in [2.05, 4.69) is 16.1 Å². The predicted molar refractivity (Wildman–Crippen MR) is 67.5 cm³/mol. The minimum absolute atomic E-state index is 0.115. The summed E-state index contributed by atoms with van der Waals surface area (Å²) in [6.07, 6.45) is 5.27. The lowest BCUT2D eigenvalue weighted by Gasteiger charge is -2.39. The fourth-order valence-corrected chi connectivity index (χ4v) is 2.24.